The van der Waals surface area contributed by atoms with Crippen molar-refractivity contribution in [2.45, 2.75) is 33.4 Å². The SMILES string of the molecule is C/C=C/c1ccc(OCC(O)Cn2nc(-c3cc(C)ccc3C)c3ccccc3c2=O)c(OC)c1. The number of allylic oxidation sites excluding steroid dienone is 1. The molecule has 3 aromatic carbocycles. The molecule has 0 saturated carbocycles. The summed E-state index contributed by atoms with van der Waals surface area (Å²) >= 11 is 0. The summed E-state index contributed by atoms with van der Waals surface area (Å²) in [4.78, 5) is 13.2. The van der Waals surface area contributed by atoms with Crippen molar-refractivity contribution in [3.05, 3.63) is 93.8 Å². The summed E-state index contributed by atoms with van der Waals surface area (Å²) in [6.45, 7) is 5.99. The zero-order chi connectivity index (χ0) is 24.9. The fraction of sp³-hybridized carbons (Fsp3) is 0.241. The van der Waals surface area contributed by atoms with E-state index in [0.29, 0.717) is 16.9 Å². The molecular weight excluding hydrogens is 440 g/mol. The molecule has 0 amide bonds. The molecule has 1 N–H and O–H groups in total. The number of hydrogen-bond donors (Lipinski definition) is 1. The third-order valence-corrected chi connectivity index (χ3v) is 5.88. The van der Waals surface area contributed by atoms with Gasteiger partial charge >= 0.3 is 0 Å². The molecule has 0 radical (unpaired) electrons. The van der Waals surface area contributed by atoms with Crippen LogP contribution in [0.4, 0.5) is 0 Å². The number of aromatic nitrogens is 2. The monoisotopic (exact) mass is 470 g/mol. The number of aliphatic hydroxyl groups is 1. The van der Waals surface area contributed by atoms with E-state index in [1.54, 1.807) is 19.2 Å². The first-order valence-electron chi connectivity index (χ1n) is 11.6. The third-order valence-electron chi connectivity index (χ3n) is 5.88. The van der Waals surface area contributed by atoms with Crippen LogP contribution in [0.15, 0.2) is 71.5 Å². The Balaban J connectivity index is 1.63. The molecule has 0 aliphatic carbocycles. The van der Waals surface area contributed by atoms with E-state index in [-0.39, 0.29) is 18.7 Å². The number of benzene rings is 3. The summed E-state index contributed by atoms with van der Waals surface area (Å²) in [7, 11) is 1.57. The second-order valence-electron chi connectivity index (χ2n) is 8.57. The van der Waals surface area contributed by atoms with Gasteiger partial charge in [-0.05, 0) is 56.2 Å². The molecule has 1 heterocycles. The molecule has 4 aromatic rings. The molecule has 1 atom stereocenters. The second-order valence-corrected chi connectivity index (χ2v) is 8.57. The van der Waals surface area contributed by atoms with Crippen molar-refractivity contribution in [2.75, 3.05) is 13.7 Å². The summed E-state index contributed by atoms with van der Waals surface area (Å²) in [5.74, 6) is 1.10. The van der Waals surface area contributed by atoms with Crippen LogP contribution in [0.5, 0.6) is 11.5 Å². The first-order valence-corrected chi connectivity index (χ1v) is 11.6. The lowest BCUT2D eigenvalue weighted by molar-refractivity contribution is 0.0868. The van der Waals surface area contributed by atoms with Crippen molar-refractivity contribution in [3.63, 3.8) is 0 Å². The number of nitrogens with zero attached hydrogens (tertiary/aromatic N) is 2. The van der Waals surface area contributed by atoms with E-state index >= 15 is 0 Å². The van der Waals surface area contributed by atoms with Crippen LogP contribution in [0.25, 0.3) is 28.1 Å². The van der Waals surface area contributed by atoms with Gasteiger partial charge in [-0.1, -0.05) is 54.1 Å². The molecule has 4 rings (SSSR count). The second kappa shape index (κ2) is 10.6. The minimum Gasteiger partial charge on any atom is -0.493 e. The number of rotatable bonds is 8. The van der Waals surface area contributed by atoms with Crippen molar-refractivity contribution < 1.29 is 14.6 Å². The molecular formula is C29H30N2O4. The average molecular weight is 471 g/mol. The van der Waals surface area contributed by atoms with Crippen LogP contribution in [0.1, 0.15) is 23.6 Å². The smallest absolute Gasteiger partial charge is 0.274 e. The number of aryl methyl sites for hydroxylation is 2. The lowest BCUT2D eigenvalue weighted by Crippen LogP contribution is -2.32. The van der Waals surface area contributed by atoms with Crippen LogP contribution in [0, 0.1) is 13.8 Å². The van der Waals surface area contributed by atoms with E-state index in [2.05, 4.69) is 17.2 Å². The van der Waals surface area contributed by atoms with Gasteiger partial charge < -0.3 is 14.6 Å². The highest BCUT2D eigenvalue weighted by atomic mass is 16.5. The lowest BCUT2D eigenvalue weighted by atomic mass is 9.99. The summed E-state index contributed by atoms with van der Waals surface area (Å²) in [6.07, 6.45) is 2.96. The molecule has 1 aromatic heterocycles. The minimum atomic E-state index is -0.951. The summed E-state index contributed by atoms with van der Waals surface area (Å²) in [5, 5.41) is 16.8. The van der Waals surface area contributed by atoms with E-state index in [0.717, 1.165) is 33.3 Å². The molecule has 0 bridgehead atoms. The fourth-order valence-electron chi connectivity index (χ4n) is 4.09. The minimum absolute atomic E-state index is 0.000499. The number of methoxy groups -OCH3 is 1. The van der Waals surface area contributed by atoms with E-state index in [4.69, 9.17) is 9.47 Å². The van der Waals surface area contributed by atoms with Crippen LogP contribution in [0.2, 0.25) is 0 Å². The Morgan fingerprint density at radius 1 is 1.03 bits per heavy atom. The van der Waals surface area contributed by atoms with E-state index in [1.807, 2.05) is 69.3 Å². The van der Waals surface area contributed by atoms with Gasteiger partial charge in [0.25, 0.3) is 5.56 Å². The fourth-order valence-corrected chi connectivity index (χ4v) is 4.09. The number of aliphatic hydroxyl groups excluding tert-OH is 1. The van der Waals surface area contributed by atoms with Crippen LogP contribution in [-0.4, -0.2) is 34.7 Å². The molecule has 0 aliphatic heterocycles. The largest absolute Gasteiger partial charge is 0.493 e. The molecule has 180 valence electrons. The van der Waals surface area contributed by atoms with Gasteiger partial charge in [-0.3, -0.25) is 4.79 Å². The van der Waals surface area contributed by atoms with Gasteiger partial charge in [0.2, 0.25) is 0 Å². The number of ether oxygens (including phenoxy) is 2. The van der Waals surface area contributed by atoms with Crippen molar-refractivity contribution in [3.8, 4) is 22.8 Å². The highest BCUT2D eigenvalue weighted by Gasteiger charge is 2.17. The van der Waals surface area contributed by atoms with Gasteiger partial charge in [0, 0.05) is 10.9 Å². The Morgan fingerprint density at radius 2 is 1.80 bits per heavy atom. The van der Waals surface area contributed by atoms with E-state index < -0.39 is 6.10 Å². The quantitative estimate of drug-likeness (QED) is 0.385. The maximum Gasteiger partial charge on any atom is 0.274 e. The van der Waals surface area contributed by atoms with Gasteiger partial charge in [-0.2, -0.15) is 5.10 Å². The van der Waals surface area contributed by atoms with Crippen LogP contribution < -0.4 is 15.0 Å². The standard InChI is InChI=1S/C29H30N2O4/c1-5-8-21-13-14-26(27(16-21)34-4)35-18-22(32)17-31-29(33)24-10-7-6-9-23(24)28(30-31)25-15-19(2)11-12-20(25)3/h5-16,22,32H,17-18H2,1-4H3/b8-5+. The lowest BCUT2D eigenvalue weighted by Gasteiger charge is -2.17. The first kappa shape index (κ1) is 24.2. The van der Waals surface area contributed by atoms with E-state index in [9.17, 15) is 9.90 Å². The Hall–Kier alpha value is -3.90. The number of hydrogen-bond acceptors (Lipinski definition) is 5. The van der Waals surface area contributed by atoms with Crippen molar-refractivity contribution >= 4 is 16.8 Å². The van der Waals surface area contributed by atoms with E-state index in [1.165, 1.54) is 4.68 Å². The molecule has 1 unspecified atom stereocenters. The highest BCUT2D eigenvalue weighted by molar-refractivity contribution is 5.94. The Kier molecular flexibility index (Phi) is 7.32. The van der Waals surface area contributed by atoms with Crippen LogP contribution >= 0.6 is 0 Å². The molecule has 0 saturated heterocycles. The van der Waals surface area contributed by atoms with Gasteiger partial charge in [0.1, 0.15) is 12.7 Å². The summed E-state index contributed by atoms with van der Waals surface area (Å²) < 4.78 is 12.6. The molecule has 0 aliphatic rings. The summed E-state index contributed by atoms with van der Waals surface area (Å²) in [5.41, 5.74) is 4.60. The molecule has 6 nitrogen and oxygen atoms in total. The Labute approximate surface area is 205 Å². The average Bonchev–Trinajstić information content (AvgIpc) is 2.86. The number of fused-ring (bicyclic) bond motifs is 1. The first-order chi connectivity index (χ1) is 16.9. The predicted molar refractivity (Wildman–Crippen MR) is 140 cm³/mol. The summed E-state index contributed by atoms with van der Waals surface area (Å²) in [6, 6.07) is 19.2. The predicted octanol–water partition coefficient (Wildman–Crippen LogP) is 5.16. The van der Waals surface area contributed by atoms with Crippen molar-refractivity contribution in [1.29, 1.82) is 0 Å². The van der Waals surface area contributed by atoms with Gasteiger partial charge in [-0.15, -0.1) is 0 Å². The molecule has 0 fully saturated rings. The third kappa shape index (κ3) is 5.28. The van der Waals surface area contributed by atoms with Crippen LogP contribution in [0.3, 0.4) is 0 Å². The van der Waals surface area contributed by atoms with Gasteiger partial charge in [0.05, 0.1) is 24.7 Å². The van der Waals surface area contributed by atoms with Crippen molar-refractivity contribution in [2.24, 2.45) is 0 Å². The highest BCUT2D eigenvalue weighted by Crippen LogP contribution is 2.30. The normalized spacial score (nSPS) is 12.3. The Bertz CT molecular complexity index is 1440. The Morgan fingerprint density at radius 3 is 2.54 bits per heavy atom. The topological polar surface area (TPSA) is 73.6 Å². The van der Waals surface area contributed by atoms with Crippen LogP contribution in [-0.2, 0) is 6.54 Å². The van der Waals surface area contributed by atoms with Gasteiger partial charge in [0.15, 0.2) is 11.5 Å². The maximum atomic E-state index is 13.2. The van der Waals surface area contributed by atoms with Crippen molar-refractivity contribution in [1.82, 2.24) is 9.78 Å². The zero-order valence-electron chi connectivity index (χ0n) is 20.5. The maximum absolute atomic E-state index is 13.2. The van der Waals surface area contributed by atoms with Gasteiger partial charge in [-0.25, -0.2) is 4.68 Å². The molecule has 6 heteroatoms. The zero-order valence-corrected chi connectivity index (χ0v) is 20.5. The molecule has 35 heavy (non-hydrogen) atoms. The molecule has 0 spiro atoms.